The van der Waals surface area contributed by atoms with Gasteiger partial charge in [-0.3, -0.25) is 0 Å². The number of phenols is 1. The van der Waals surface area contributed by atoms with Crippen LogP contribution in [0.15, 0.2) is 36.4 Å². The van der Waals surface area contributed by atoms with E-state index in [1.54, 1.807) is 0 Å². The molecule has 1 saturated carbocycles. The maximum atomic E-state index is 10.5. The highest BCUT2D eigenvalue weighted by atomic mass is 16.7. The lowest BCUT2D eigenvalue weighted by atomic mass is 9.94. The summed E-state index contributed by atoms with van der Waals surface area (Å²) >= 11 is 0. The van der Waals surface area contributed by atoms with E-state index >= 15 is 0 Å². The van der Waals surface area contributed by atoms with Crippen LogP contribution < -0.4 is 0 Å². The van der Waals surface area contributed by atoms with Crippen LogP contribution in [0.2, 0.25) is 0 Å². The number of hydrogen-bond acceptors (Lipinski definition) is 3. The van der Waals surface area contributed by atoms with Gasteiger partial charge in [-0.1, -0.05) is 24.3 Å². The Morgan fingerprint density at radius 2 is 1.96 bits per heavy atom. The van der Waals surface area contributed by atoms with Crippen LogP contribution in [0.4, 0.5) is 0 Å². The molecule has 1 N–H and O–H groups in total. The quantitative estimate of drug-likeness (QED) is 0.805. The van der Waals surface area contributed by atoms with E-state index in [1.807, 2.05) is 6.92 Å². The number of hydrogen-bond donors (Lipinski definition) is 1. The van der Waals surface area contributed by atoms with Gasteiger partial charge < -0.3 is 14.6 Å². The largest absolute Gasteiger partial charge is 0.507 e. The van der Waals surface area contributed by atoms with Crippen LogP contribution in [0.25, 0.3) is 11.1 Å². The van der Waals surface area contributed by atoms with E-state index < -0.39 is 0 Å². The van der Waals surface area contributed by atoms with E-state index in [1.165, 1.54) is 29.5 Å². The summed E-state index contributed by atoms with van der Waals surface area (Å²) in [5, 5.41) is 10.5. The first-order valence-corrected chi connectivity index (χ1v) is 9.37. The molecular formula is C22H26O3. The van der Waals surface area contributed by atoms with Gasteiger partial charge in [0.2, 0.25) is 0 Å². The monoisotopic (exact) mass is 338 g/mol. The average molecular weight is 338 g/mol. The van der Waals surface area contributed by atoms with E-state index in [0.717, 1.165) is 37.0 Å². The predicted molar refractivity (Wildman–Crippen MR) is 98.6 cm³/mol. The third kappa shape index (κ3) is 3.73. The van der Waals surface area contributed by atoms with Crippen LogP contribution in [0.1, 0.15) is 54.7 Å². The molecule has 25 heavy (non-hydrogen) atoms. The minimum Gasteiger partial charge on any atom is -0.507 e. The molecule has 2 aliphatic rings. The van der Waals surface area contributed by atoms with Crippen molar-refractivity contribution >= 4 is 0 Å². The summed E-state index contributed by atoms with van der Waals surface area (Å²) in [4.78, 5) is 0. The number of aryl methyl sites for hydroxylation is 1. The molecule has 0 aromatic heterocycles. The van der Waals surface area contributed by atoms with Crippen molar-refractivity contribution in [1.82, 2.24) is 0 Å². The van der Waals surface area contributed by atoms with Crippen LogP contribution in [0.3, 0.4) is 0 Å². The van der Waals surface area contributed by atoms with Crippen LogP contribution in [0, 0.1) is 6.92 Å². The highest BCUT2D eigenvalue weighted by molar-refractivity contribution is 5.71. The molecule has 0 bridgehead atoms. The summed E-state index contributed by atoms with van der Waals surface area (Å²) in [5.74, 6) is 1.03. The Labute approximate surface area is 149 Å². The number of rotatable bonds is 5. The molecular weight excluding hydrogens is 312 g/mol. The van der Waals surface area contributed by atoms with Crippen molar-refractivity contribution in [2.24, 2.45) is 0 Å². The van der Waals surface area contributed by atoms with Crippen molar-refractivity contribution in [3.05, 3.63) is 53.1 Å². The molecule has 4 rings (SSSR count). The van der Waals surface area contributed by atoms with Gasteiger partial charge in [0.1, 0.15) is 5.75 Å². The Balaban J connectivity index is 1.60. The molecule has 0 spiro atoms. The van der Waals surface area contributed by atoms with Crippen molar-refractivity contribution in [2.75, 3.05) is 6.61 Å². The molecule has 2 fully saturated rings. The van der Waals surface area contributed by atoms with Gasteiger partial charge in [0.05, 0.1) is 6.61 Å². The molecule has 1 atom stereocenters. The fraction of sp³-hybridized carbons (Fsp3) is 0.455. The first kappa shape index (κ1) is 16.6. The molecule has 1 aliphatic carbocycles. The number of aromatic hydroxyl groups is 1. The number of benzene rings is 2. The smallest absolute Gasteiger partial charge is 0.158 e. The molecule has 2 aromatic carbocycles. The summed E-state index contributed by atoms with van der Waals surface area (Å²) < 4.78 is 11.5. The predicted octanol–water partition coefficient (Wildman–Crippen LogP) is 5.29. The van der Waals surface area contributed by atoms with Crippen LogP contribution in [-0.4, -0.2) is 18.0 Å². The van der Waals surface area contributed by atoms with Crippen molar-refractivity contribution in [3.8, 4) is 16.9 Å². The van der Waals surface area contributed by atoms with Crippen molar-refractivity contribution in [3.63, 3.8) is 0 Å². The Morgan fingerprint density at radius 3 is 2.72 bits per heavy atom. The van der Waals surface area contributed by atoms with E-state index in [9.17, 15) is 5.11 Å². The van der Waals surface area contributed by atoms with Crippen molar-refractivity contribution in [2.45, 2.75) is 57.8 Å². The molecule has 1 unspecified atom stereocenters. The second-order valence-electron chi connectivity index (χ2n) is 7.27. The molecule has 3 heteroatoms. The van der Waals surface area contributed by atoms with Gasteiger partial charge in [0.25, 0.3) is 0 Å². The van der Waals surface area contributed by atoms with Crippen molar-refractivity contribution in [1.29, 1.82) is 0 Å². The second kappa shape index (κ2) is 7.19. The Kier molecular flexibility index (Phi) is 4.78. The Bertz CT molecular complexity index is 743. The zero-order valence-corrected chi connectivity index (χ0v) is 14.8. The SMILES string of the molecule is Cc1cc(-c2ccccc2C2CC2)cc(COC2CCCCO2)c1O. The zero-order chi connectivity index (χ0) is 17.2. The van der Waals surface area contributed by atoms with Crippen molar-refractivity contribution < 1.29 is 14.6 Å². The average Bonchev–Trinajstić information content (AvgIpc) is 3.49. The summed E-state index contributed by atoms with van der Waals surface area (Å²) in [6.45, 7) is 3.11. The number of phenolic OH excluding ortho intramolecular Hbond substituents is 1. The highest BCUT2D eigenvalue weighted by Crippen LogP contribution is 2.45. The molecule has 3 nitrogen and oxygen atoms in total. The van der Waals surface area contributed by atoms with Gasteiger partial charge in [0.15, 0.2) is 6.29 Å². The molecule has 1 saturated heterocycles. The molecule has 1 aliphatic heterocycles. The third-order valence-electron chi connectivity index (χ3n) is 5.23. The van der Waals surface area contributed by atoms with Crippen LogP contribution in [-0.2, 0) is 16.1 Å². The Hall–Kier alpha value is -1.84. The molecule has 2 aromatic rings. The normalized spacial score (nSPS) is 20.6. The topological polar surface area (TPSA) is 38.7 Å². The number of ether oxygens (including phenoxy) is 2. The lowest BCUT2D eigenvalue weighted by molar-refractivity contribution is -0.169. The lowest BCUT2D eigenvalue weighted by Crippen LogP contribution is -2.22. The third-order valence-corrected chi connectivity index (χ3v) is 5.23. The van der Waals surface area contributed by atoms with Crippen LogP contribution in [0.5, 0.6) is 5.75 Å². The fourth-order valence-electron chi connectivity index (χ4n) is 3.65. The first-order chi connectivity index (χ1) is 12.2. The van der Waals surface area contributed by atoms with E-state index in [0.29, 0.717) is 18.3 Å². The Morgan fingerprint density at radius 1 is 1.12 bits per heavy atom. The van der Waals surface area contributed by atoms with E-state index in [-0.39, 0.29) is 6.29 Å². The molecule has 1 heterocycles. The van der Waals surface area contributed by atoms with Gasteiger partial charge in [-0.05, 0) is 79.3 Å². The van der Waals surface area contributed by atoms with Crippen LogP contribution >= 0.6 is 0 Å². The van der Waals surface area contributed by atoms with E-state index in [2.05, 4.69) is 36.4 Å². The van der Waals surface area contributed by atoms with E-state index in [4.69, 9.17) is 9.47 Å². The maximum absolute atomic E-state index is 10.5. The first-order valence-electron chi connectivity index (χ1n) is 9.37. The van der Waals surface area contributed by atoms with Gasteiger partial charge >= 0.3 is 0 Å². The molecule has 0 radical (unpaired) electrons. The molecule has 0 amide bonds. The highest BCUT2D eigenvalue weighted by Gasteiger charge is 2.26. The minimum absolute atomic E-state index is 0.143. The van der Waals surface area contributed by atoms with Gasteiger partial charge in [-0.2, -0.15) is 0 Å². The van der Waals surface area contributed by atoms with Gasteiger partial charge in [0, 0.05) is 12.2 Å². The second-order valence-corrected chi connectivity index (χ2v) is 7.27. The summed E-state index contributed by atoms with van der Waals surface area (Å²) in [6.07, 6.45) is 5.61. The lowest BCUT2D eigenvalue weighted by Gasteiger charge is -2.23. The minimum atomic E-state index is -0.143. The fourth-order valence-corrected chi connectivity index (χ4v) is 3.65. The standard InChI is InChI=1S/C22H26O3/c1-15-12-17(20-7-3-2-6-19(20)16-9-10-16)13-18(22(15)23)14-25-21-8-4-5-11-24-21/h2-3,6-7,12-13,16,21,23H,4-5,8-11,14H2,1H3. The molecule has 132 valence electrons. The van der Waals surface area contributed by atoms with Gasteiger partial charge in [-0.25, -0.2) is 0 Å². The summed E-state index contributed by atoms with van der Waals surface area (Å²) in [7, 11) is 0. The summed E-state index contributed by atoms with van der Waals surface area (Å²) in [5.41, 5.74) is 5.61. The maximum Gasteiger partial charge on any atom is 0.158 e. The summed E-state index contributed by atoms with van der Waals surface area (Å²) in [6, 6.07) is 12.8. The van der Waals surface area contributed by atoms with Gasteiger partial charge in [-0.15, -0.1) is 0 Å². The zero-order valence-electron chi connectivity index (χ0n) is 14.8.